The Bertz CT molecular complexity index is 1040. The molecule has 0 aliphatic carbocycles. The molecule has 1 amide bonds. The average molecular weight is 541 g/mol. The summed E-state index contributed by atoms with van der Waals surface area (Å²) in [4.78, 5) is 26.0. The summed E-state index contributed by atoms with van der Waals surface area (Å²) in [6.07, 6.45) is 1.74. The number of amides is 1. The fourth-order valence-corrected chi connectivity index (χ4v) is 4.90. The third-order valence-electron chi connectivity index (χ3n) is 3.98. The molecule has 1 N–H and O–H groups in total. The van der Waals surface area contributed by atoms with Crippen molar-refractivity contribution in [2.24, 2.45) is 0 Å². The lowest BCUT2D eigenvalue weighted by Crippen LogP contribution is -2.27. The minimum atomic E-state index is -1.07. The first-order chi connectivity index (χ1) is 13.8. The van der Waals surface area contributed by atoms with E-state index in [1.165, 1.54) is 28.8 Å². The summed E-state index contributed by atoms with van der Waals surface area (Å²) in [6.45, 7) is 2.37. The number of halogens is 1. The van der Waals surface area contributed by atoms with Gasteiger partial charge < -0.3 is 14.6 Å². The summed E-state index contributed by atoms with van der Waals surface area (Å²) in [6, 6.07) is 9.83. The van der Waals surface area contributed by atoms with Crippen molar-refractivity contribution in [3.63, 3.8) is 0 Å². The second-order valence-corrected chi connectivity index (χ2v) is 8.68. The van der Waals surface area contributed by atoms with Crippen LogP contribution in [0.1, 0.15) is 22.8 Å². The van der Waals surface area contributed by atoms with Crippen molar-refractivity contribution in [3.05, 3.63) is 56.0 Å². The molecule has 9 heteroatoms. The van der Waals surface area contributed by atoms with Gasteiger partial charge in [0, 0.05) is 0 Å². The van der Waals surface area contributed by atoms with E-state index in [1.54, 1.807) is 25.3 Å². The number of benzene rings is 2. The number of nitrogens with zero attached hydrogens (tertiary/aromatic N) is 1. The largest absolute Gasteiger partial charge is 0.492 e. The molecule has 29 heavy (non-hydrogen) atoms. The first kappa shape index (κ1) is 21.6. The fraction of sp³-hybridized carbons (Fsp3) is 0.150. The number of thiocarbonyl (C=S) groups is 1. The van der Waals surface area contributed by atoms with E-state index in [0.717, 1.165) is 9.13 Å². The smallest absolute Gasteiger partial charge is 0.335 e. The third-order valence-corrected chi connectivity index (χ3v) is 6.08. The lowest BCUT2D eigenvalue weighted by Gasteiger charge is -2.15. The molecule has 1 saturated heterocycles. The van der Waals surface area contributed by atoms with Crippen LogP contribution in [0.15, 0.2) is 41.3 Å². The maximum atomic E-state index is 13.0. The van der Waals surface area contributed by atoms with Gasteiger partial charge in [0.15, 0.2) is 15.8 Å². The highest BCUT2D eigenvalue weighted by Gasteiger charge is 2.33. The van der Waals surface area contributed by atoms with E-state index in [1.807, 2.05) is 19.1 Å². The van der Waals surface area contributed by atoms with Gasteiger partial charge in [0.25, 0.3) is 5.91 Å². The number of hydrogen-bond acceptors (Lipinski definition) is 6. The van der Waals surface area contributed by atoms with Crippen molar-refractivity contribution in [1.29, 1.82) is 0 Å². The Balaban J connectivity index is 1.96. The molecule has 1 aliphatic heterocycles. The van der Waals surface area contributed by atoms with Crippen molar-refractivity contribution >= 4 is 74.5 Å². The van der Waals surface area contributed by atoms with Gasteiger partial charge in [-0.15, -0.1) is 0 Å². The Morgan fingerprint density at radius 3 is 2.76 bits per heavy atom. The van der Waals surface area contributed by atoms with Crippen LogP contribution in [0.25, 0.3) is 6.08 Å². The predicted octanol–water partition coefficient (Wildman–Crippen LogP) is 4.80. The van der Waals surface area contributed by atoms with E-state index < -0.39 is 5.97 Å². The number of rotatable bonds is 6. The highest BCUT2D eigenvalue weighted by Crippen LogP contribution is 2.39. The second kappa shape index (κ2) is 9.14. The first-order valence-electron chi connectivity index (χ1n) is 8.47. The summed E-state index contributed by atoms with van der Waals surface area (Å²) >= 11 is 8.69. The average Bonchev–Trinajstić information content (AvgIpc) is 2.95. The summed E-state index contributed by atoms with van der Waals surface area (Å²) < 4.78 is 12.2. The van der Waals surface area contributed by atoms with E-state index in [9.17, 15) is 14.7 Å². The van der Waals surface area contributed by atoms with Gasteiger partial charge in [-0.25, -0.2) is 4.79 Å². The van der Waals surface area contributed by atoms with Gasteiger partial charge in [0.05, 0.1) is 33.4 Å². The first-order valence-corrected chi connectivity index (χ1v) is 10.8. The van der Waals surface area contributed by atoms with Crippen LogP contribution in [-0.4, -0.2) is 35.0 Å². The van der Waals surface area contributed by atoms with E-state index in [-0.39, 0.29) is 11.5 Å². The third kappa shape index (κ3) is 4.57. The summed E-state index contributed by atoms with van der Waals surface area (Å²) in [5.41, 5.74) is 1.29. The molecule has 0 radical (unpaired) electrons. The molecule has 0 saturated carbocycles. The number of methoxy groups -OCH3 is 1. The lowest BCUT2D eigenvalue weighted by molar-refractivity contribution is -0.113. The molecular formula is C20H16INO5S2. The number of carboxylic acid groups (broad SMARTS) is 1. The van der Waals surface area contributed by atoms with Crippen molar-refractivity contribution in [1.82, 2.24) is 0 Å². The number of ether oxygens (including phenoxy) is 2. The molecule has 2 aromatic carbocycles. The van der Waals surface area contributed by atoms with Crippen LogP contribution < -0.4 is 14.4 Å². The maximum Gasteiger partial charge on any atom is 0.335 e. The van der Waals surface area contributed by atoms with E-state index in [0.29, 0.717) is 33.0 Å². The summed E-state index contributed by atoms with van der Waals surface area (Å²) in [5, 5.41) is 9.19. The number of carbonyl (C=O) groups excluding carboxylic acids is 1. The van der Waals surface area contributed by atoms with E-state index >= 15 is 0 Å². The summed E-state index contributed by atoms with van der Waals surface area (Å²) in [7, 11) is 1.58. The highest BCUT2D eigenvalue weighted by molar-refractivity contribution is 14.1. The molecule has 150 valence electrons. The monoisotopic (exact) mass is 541 g/mol. The number of anilines is 1. The number of hydrogen-bond donors (Lipinski definition) is 1. The number of carbonyl (C=O) groups is 2. The van der Waals surface area contributed by atoms with Crippen LogP contribution >= 0.6 is 46.6 Å². The molecule has 1 fully saturated rings. The SMILES string of the molecule is CCOc1cc(C=C2SC(=S)N(c3cccc(C(=O)O)c3)C2=O)cc(I)c1OC. The predicted molar refractivity (Wildman–Crippen MR) is 126 cm³/mol. The van der Waals surface area contributed by atoms with Gasteiger partial charge >= 0.3 is 5.97 Å². The Kier molecular flexibility index (Phi) is 6.81. The Morgan fingerprint density at radius 1 is 1.34 bits per heavy atom. The maximum absolute atomic E-state index is 13.0. The van der Waals surface area contributed by atoms with Crippen LogP contribution in [0.3, 0.4) is 0 Å². The Labute approximate surface area is 191 Å². The lowest BCUT2D eigenvalue weighted by atomic mass is 10.1. The topological polar surface area (TPSA) is 76.1 Å². The molecule has 1 heterocycles. The molecule has 3 rings (SSSR count). The van der Waals surface area contributed by atoms with Crippen LogP contribution in [0.5, 0.6) is 11.5 Å². The van der Waals surface area contributed by atoms with E-state index in [4.69, 9.17) is 21.7 Å². The molecule has 0 aromatic heterocycles. The fourth-order valence-electron chi connectivity index (χ4n) is 2.75. The van der Waals surface area contributed by atoms with Gasteiger partial charge in [-0.2, -0.15) is 0 Å². The van der Waals surface area contributed by atoms with E-state index in [2.05, 4.69) is 22.6 Å². The van der Waals surface area contributed by atoms with Crippen LogP contribution in [0.2, 0.25) is 0 Å². The molecule has 0 atom stereocenters. The molecule has 1 aliphatic rings. The summed E-state index contributed by atoms with van der Waals surface area (Å²) in [5.74, 6) is -0.129. The van der Waals surface area contributed by atoms with Gasteiger partial charge in [-0.3, -0.25) is 9.69 Å². The van der Waals surface area contributed by atoms with Crippen molar-refractivity contribution in [3.8, 4) is 11.5 Å². The number of carboxylic acids is 1. The zero-order valence-corrected chi connectivity index (χ0v) is 19.3. The molecule has 0 bridgehead atoms. The van der Waals surface area contributed by atoms with Gasteiger partial charge in [-0.05, 0) is 71.5 Å². The van der Waals surface area contributed by atoms with Crippen LogP contribution in [-0.2, 0) is 4.79 Å². The quantitative estimate of drug-likeness (QED) is 0.320. The van der Waals surface area contributed by atoms with Crippen molar-refractivity contribution < 1.29 is 24.2 Å². The molecule has 0 unspecified atom stereocenters. The second-order valence-electron chi connectivity index (χ2n) is 5.84. The Morgan fingerprint density at radius 2 is 2.10 bits per heavy atom. The zero-order chi connectivity index (χ0) is 21.1. The van der Waals surface area contributed by atoms with Crippen molar-refractivity contribution in [2.45, 2.75) is 6.92 Å². The normalized spacial score (nSPS) is 15.1. The number of thioether (sulfide) groups is 1. The minimum absolute atomic E-state index is 0.0894. The van der Waals surface area contributed by atoms with Crippen LogP contribution in [0.4, 0.5) is 5.69 Å². The molecule has 0 spiro atoms. The zero-order valence-electron chi connectivity index (χ0n) is 15.5. The standard InChI is InChI=1S/C20H16INO5S2/c1-3-27-15-8-11(7-14(21)17(15)26-2)9-16-18(23)22(20(28)29-16)13-6-4-5-12(10-13)19(24)25/h4-10H,3H2,1-2H3,(H,24,25). The van der Waals surface area contributed by atoms with Gasteiger partial charge in [0.1, 0.15) is 0 Å². The van der Waals surface area contributed by atoms with Crippen molar-refractivity contribution in [2.75, 3.05) is 18.6 Å². The van der Waals surface area contributed by atoms with Gasteiger partial charge in [0.2, 0.25) is 0 Å². The minimum Gasteiger partial charge on any atom is -0.492 e. The van der Waals surface area contributed by atoms with Crippen LogP contribution in [0, 0.1) is 3.57 Å². The number of aromatic carboxylic acids is 1. The highest BCUT2D eigenvalue weighted by atomic mass is 127. The molecular weight excluding hydrogens is 525 g/mol. The van der Waals surface area contributed by atoms with Gasteiger partial charge in [-0.1, -0.05) is 30.0 Å². The molecule has 6 nitrogen and oxygen atoms in total. The molecule has 2 aromatic rings. The Hall–Kier alpha value is -2.11.